The van der Waals surface area contributed by atoms with Gasteiger partial charge in [-0.3, -0.25) is 14.8 Å². The van der Waals surface area contributed by atoms with Gasteiger partial charge in [0.1, 0.15) is 11.5 Å². The minimum Gasteiger partial charge on any atom is -0.358 e. The molecule has 4 rings (SSSR count). The Balaban J connectivity index is 1.61. The standard InChI is InChI=1S/C26H29F2N5O/c1-17-12-20(14-24(32(17)4)33-10-6-5-7-11-33)22-15-21(16-30-18(22)2)31-25(34)19-8-9-29-23(13-19)26(3,27)28/h8-9,12-16H,1,5-7,10-11H2,2-4H3,(H,31,34). The van der Waals surface area contributed by atoms with E-state index in [1.54, 1.807) is 6.20 Å². The number of alkyl halides is 2. The normalized spacial score (nSPS) is 16.8. The lowest BCUT2D eigenvalue weighted by molar-refractivity contribution is 0.0127. The van der Waals surface area contributed by atoms with Gasteiger partial charge in [0, 0.05) is 55.8 Å². The van der Waals surface area contributed by atoms with Gasteiger partial charge < -0.3 is 15.1 Å². The Morgan fingerprint density at radius 2 is 1.88 bits per heavy atom. The fraction of sp³-hybridized carbons (Fsp3) is 0.346. The monoisotopic (exact) mass is 465 g/mol. The highest BCUT2D eigenvalue weighted by molar-refractivity contribution is 6.04. The Bertz CT molecular complexity index is 1180. The first-order valence-corrected chi connectivity index (χ1v) is 11.4. The van der Waals surface area contributed by atoms with Crippen molar-refractivity contribution in [3.05, 3.63) is 83.4 Å². The molecule has 2 aliphatic heterocycles. The Hall–Kier alpha value is -3.55. The molecule has 1 fully saturated rings. The van der Waals surface area contributed by atoms with Gasteiger partial charge in [0.2, 0.25) is 0 Å². The number of hydrogen-bond acceptors (Lipinski definition) is 5. The molecule has 2 aromatic rings. The third-order valence-corrected chi connectivity index (χ3v) is 6.19. The van der Waals surface area contributed by atoms with Gasteiger partial charge in [-0.15, -0.1) is 0 Å². The van der Waals surface area contributed by atoms with Crippen molar-refractivity contribution in [1.29, 1.82) is 0 Å². The molecule has 0 spiro atoms. The molecule has 0 radical (unpaired) electrons. The SMILES string of the molecule is C=C1C=C(c2cc(NC(=O)c3ccnc(C(C)(F)F)c3)cnc2C)C=C(N2CCCCC2)N1C. The largest absolute Gasteiger partial charge is 0.358 e. The number of halogens is 2. The summed E-state index contributed by atoms with van der Waals surface area (Å²) in [6.45, 7) is 8.89. The number of aryl methyl sites for hydroxylation is 1. The molecule has 0 bridgehead atoms. The van der Waals surface area contributed by atoms with E-state index in [0.29, 0.717) is 5.69 Å². The third-order valence-electron chi connectivity index (χ3n) is 6.19. The second-order valence-corrected chi connectivity index (χ2v) is 8.83. The quantitative estimate of drug-likeness (QED) is 0.648. The van der Waals surface area contributed by atoms with Gasteiger partial charge in [-0.25, -0.2) is 0 Å². The van der Waals surface area contributed by atoms with Gasteiger partial charge in [0.25, 0.3) is 11.8 Å². The Morgan fingerprint density at radius 3 is 2.59 bits per heavy atom. The molecule has 0 saturated carbocycles. The lowest BCUT2D eigenvalue weighted by Gasteiger charge is -2.38. The Labute approximate surface area is 198 Å². The second-order valence-electron chi connectivity index (χ2n) is 8.83. The zero-order valence-corrected chi connectivity index (χ0v) is 19.7. The van der Waals surface area contributed by atoms with Crippen LogP contribution in [0.25, 0.3) is 5.57 Å². The fourth-order valence-electron chi connectivity index (χ4n) is 4.19. The number of allylic oxidation sites excluding steroid dienone is 3. The van der Waals surface area contributed by atoms with E-state index in [-0.39, 0.29) is 5.56 Å². The van der Waals surface area contributed by atoms with Gasteiger partial charge >= 0.3 is 0 Å². The highest BCUT2D eigenvalue weighted by atomic mass is 19.3. The van der Waals surface area contributed by atoms with Crippen LogP contribution in [0, 0.1) is 6.92 Å². The number of likely N-dealkylation sites (N-methyl/N-ethyl adjacent to an activating group) is 1. The molecule has 1 N–H and O–H groups in total. The Morgan fingerprint density at radius 1 is 1.15 bits per heavy atom. The number of rotatable bonds is 5. The van der Waals surface area contributed by atoms with Gasteiger partial charge in [0.15, 0.2) is 0 Å². The van der Waals surface area contributed by atoms with Gasteiger partial charge in [-0.2, -0.15) is 8.78 Å². The Kier molecular flexibility index (Phi) is 6.50. The van der Waals surface area contributed by atoms with Crippen molar-refractivity contribution < 1.29 is 13.6 Å². The number of nitrogens with one attached hydrogen (secondary N) is 1. The topological polar surface area (TPSA) is 61.4 Å². The summed E-state index contributed by atoms with van der Waals surface area (Å²) in [5.74, 6) is -2.53. The zero-order valence-electron chi connectivity index (χ0n) is 19.7. The summed E-state index contributed by atoms with van der Waals surface area (Å²) in [5, 5.41) is 2.77. The van der Waals surface area contributed by atoms with Crippen LogP contribution in [-0.4, -0.2) is 45.8 Å². The average Bonchev–Trinajstić information content (AvgIpc) is 2.82. The van der Waals surface area contributed by atoms with E-state index < -0.39 is 17.5 Å². The third kappa shape index (κ3) is 5.00. The lowest BCUT2D eigenvalue weighted by atomic mass is 9.99. The van der Waals surface area contributed by atoms with Gasteiger partial charge in [0.05, 0.1) is 11.9 Å². The van der Waals surface area contributed by atoms with E-state index in [1.165, 1.54) is 31.5 Å². The fourth-order valence-corrected chi connectivity index (χ4v) is 4.19. The number of hydrogen-bond donors (Lipinski definition) is 1. The molecular weight excluding hydrogens is 436 g/mol. The van der Waals surface area contributed by atoms with Gasteiger partial charge in [-0.1, -0.05) is 6.58 Å². The maximum absolute atomic E-state index is 13.6. The number of likely N-dealkylation sites (tertiary alicyclic amines) is 1. The molecule has 178 valence electrons. The molecule has 0 atom stereocenters. The highest BCUT2D eigenvalue weighted by Crippen LogP contribution is 2.32. The number of amides is 1. The van der Waals surface area contributed by atoms with Crippen molar-refractivity contribution in [2.24, 2.45) is 0 Å². The van der Waals surface area contributed by atoms with Crippen LogP contribution in [0.1, 0.15) is 53.5 Å². The van der Waals surface area contributed by atoms with Crippen LogP contribution in [0.15, 0.2) is 60.8 Å². The average molecular weight is 466 g/mol. The summed E-state index contributed by atoms with van der Waals surface area (Å²) in [5.41, 5.74) is 3.65. The van der Waals surface area contributed by atoms with E-state index in [4.69, 9.17) is 0 Å². The highest BCUT2D eigenvalue weighted by Gasteiger charge is 2.27. The summed E-state index contributed by atoms with van der Waals surface area (Å²) < 4.78 is 27.2. The number of piperidine rings is 1. The predicted molar refractivity (Wildman–Crippen MR) is 129 cm³/mol. The number of pyridine rings is 2. The predicted octanol–water partition coefficient (Wildman–Crippen LogP) is 5.32. The minimum atomic E-state index is -3.13. The minimum absolute atomic E-state index is 0.104. The number of carbonyl (C=O) groups excluding carboxylic acids is 1. The van der Waals surface area contributed by atoms with Crippen LogP contribution < -0.4 is 5.32 Å². The van der Waals surface area contributed by atoms with Crippen LogP contribution >= 0.6 is 0 Å². The molecule has 1 amide bonds. The van der Waals surface area contributed by atoms with E-state index in [2.05, 4.69) is 37.7 Å². The maximum atomic E-state index is 13.6. The molecule has 8 heteroatoms. The molecule has 1 saturated heterocycles. The molecule has 0 unspecified atom stereocenters. The molecule has 0 aromatic carbocycles. The molecule has 4 heterocycles. The van der Waals surface area contributed by atoms with E-state index in [1.807, 2.05) is 26.1 Å². The summed E-state index contributed by atoms with van der Waals surface area (Å²) in [4.78, 5) is 25.4. The lowest BCUT2D eigenvalue weighted by Crippen LogP contribution is -2.37. The van der Waals surface area contributed by atoms with Crippen LogP contribution in [-0.2, 0) is 5.92 Å². The van der Waals surface area contributed by atoms with Crippen molar-refractivity contribution in [2.75, 3.05) is 25.5 Å². The molecule has 0 aliphatic carbocycles. The summed E-state index contributed by atoms with van der Waals surface area (Å²) in [6.07, 6.45) is 10.5. The first kappa shape index (κ1) is 23.6. The van der Waals surface area contributed by atoms with E-state index >= 15 is 0 Å². The molecule has 2 aromatic heterocycles. The molecular formula is C26H29F2N5O. The number of nitrogens with zero attached hydrogens (tertiary/aromatic N) is 4. The summed E-state index contributed by atoms with van der Waals surface area (Å²) in [7, 11) is 2.01. The van der Waals surface area contributed by atoms with Crippen molar-refractivity contribution in [3.8, 4) is 0 Å². The summed E-state index contributed by atoms with van der Waals surface area (Å²) >= 11 is 0. The van der Waals surface area contributed by atoms with Crippen LogP contribution in [0.2, 0.25) is 0 Å². The first-order chi connectivity index (χ1) is 16.1. The van der Waals surface area contributed by atoms with E-state index in [0.717, 1.165) is 54.4 Å². The van der Waals surface area contributed by atoms with Crippen molar-refractivity contribution in [2.45, 2.75) is 39.0 Å². The number of carbonyl (C=O) groups is 1. The van der Waals surface area contributed by atoms with Crippen LogP contribution in [0.4, 0.5) is 14.5 Å². The van der Waals surface area contributed by atoms with Crippen molar-refractivity contribution in [1.82, 2.24) is 19.8 Å². The van der Waals surface area contributed by atoms with Gasteiger partial charge in [-0.05, 0) is 62.1 Å². The van der Waals surface area contributed by atoms with E-state index in [9.17, 15) is 13.6 Å². The van der Waals surface area contributed by atoms with Crippen molar-refractivity contribution >= 4 is 17.2 Å². The smallest absolute Gasteiger partial charge is 0.286 e. The summed E-state index contributed by atoms with van der Waals surface area (Å²) in [6, 6.07) is 4.37. The molecule has 34 heavy (non-hydrogen) atoms. The first-order valence-electron chi connectivity index (χ1n) is 11.4. The number of aromatic nitrogens is 2. The maximum Gasteiger partial charge on any atom is 0.286 e. The molecule has 2 aliphatic rings. The zero-order chi connectivity index (χ0) is 24.5. The van der Waals surface area contributed by atoms with Crippen molar-refractivity contribution in [3.63, 3.8) is 0 Å². The van der Waals surface area contributed by atoms with Crippen LogP contribution in [0.5, 0.6) is 0 Å². The molecule has 6 nitrogen and oxygen atoms in total. The number of anilines is 1. The van der Waals surface area contributed by atoms with Crippen LogP contribution in [0.3, 0.4) is 0 Å². The second kappa shape index (κ2) is 9.37.